The number of rotatable bonds is 9. The van der Waals surface area contributed by atoms with E-state index in [2.05, 4.69) is 13.5 Å². The van der Waals surface area contributed by atoms with Gasteiger partial charge in [-0.1, -0.05) is 50.6 Å². The molecule has 3 aliphatic rings. The van der Waals surface area contributed by atoms with Gasteiger partial charge in [-0.3, -0.25) is 0 Å². The molecule has 3 rings (SSSR count). The second-order valence-electron chi connectivity index (χ2n) is 14.3. The van der Waals surface area contributed by atoms with Crippen LogP contribution >= 0.6 is 0 Å². The van der Waals surface area contributed by atoms with E-state index < -0.39 is 41.2 Å². The first-order valence-electron chi connectivity index (χ1n) is 15.2. The second-order valence-corrected chi connectivity index (χ2v) is 14.3. The lowest BCUT2D eigenvalue weighted by Gasteiger charge is -2.49. The van der Waals surface area contributed by atoms with Crippen LogP contribution in [0.1, 0.15) is 98.3 Å². The van der Waals surface area contributed by atoms with Crippen molar-refractivity contribution in [1.29, 1.82) is 0 Å². The molecule has 4 N–H and O–H groups in total. The SMILES string of the molecule is C=C1C(=CC=C2CCC[C@@]3(C)C2CCC3C(C)(CC=CC(O)(C(F)(F)F)C(F)(F)F)CCCC(C)(C)O)C[C@@H](O)C[C@@H]1O. The zero-order valence-electron chi connectivity index (χ0n) is 25.7. The molecule has 43 heavy (non-hydrogen) atoms. The minimum Gasteiger partial charge on any atom is -0.393 e. The summed E-state index contributed by atoms with van der Waals surface area (Å²) in [6.45, 7) is 11.4. The summed E-state index contributed by atoms with van der Waals surface area (Å²) in [5, 5.41) is 40.3. The van der Waals surface area contributed by atoms with E-state index in [1.807, 2.05) is 19.1 Å². The Hall–Kier alpha value is -1.62. The molecule has 0 spiro atoms. The molecular formula is C33H48F6O4. The molecule has 0 amide bonds. The highest BCUT2D eigenvalue weighted by Gasteiger charge is 2.69. The van der Waals surface area contributed by atoms with E-state index in [9.17, 15) is 46.8 Å². The normalized spacial score (nSPS) is 32.9. The molecule has 0 bridgehead atoms. The number of aliphatic hydroxyl groups is 4. The third kappa shape index (κ3) is 7.79. The number of halogens is 6. The quantitative estimate of drug-likeness (QED) is 0.156. The molecule has 6 atom stereocenters. The van der Waals surface area contributed by atoms with Crippen molar-refractivity contribution in [2.75, 3.05) is 0 Å². The summed E-state index contributed by atoms with van der Waals surface area (Å²) in [6.07, 6.45) is -2.44. The molecular weight excluding hydrogens is 574 g/mol. The van der Waals surface area contributed by atoms with Gasteiger partial charge >= 0.3 is 12.4 Å². The van der Waals surface area contributed by atoms with E-state index >= 15 is 0 Å². The molecule has 3 fully saturated rings. The van der Waals surface area contributed by atoms with Crippen LogP contribution < -0.4 is 0 Å². The van der Waals surface area contributed by atoms with Gasteiger partial charge in [0.2, 0.25) is 0 Å². The summed E-state index contributed by atoms with van der Waals surface area (Å²) in [6, 6.07) is 0. The number of allylic oxidation sites excluding steroid dienone is 4. The van der Waals surface area contributed by atoms with Gasteiger partial charge in [0.05, 0.1) is 17.8 Å². The van der Waals surface area contributed by atoms with Crippen molar-refractivity contribution in [2.24, 2.45) is 22.7 Å². The number of hydrogen-bond acceptors (Lipinski definition) is 4. The minimum absolute atomic E-state index is 0.0223. The molecule has 0 aromatic rings. The highest BCUT2D eigenvalue weighted by Crippen LogP contribution is 2.64. The summed E-state index contributed by atoms with van der Waals surface area (Å²) in [7, 11) is 0. The van der Waals surface area contributed by atoms with Crippen LogP contribution in [-0.2, 0) is 0 Å². The molecule has 0 aliphatic heterocycles. The van der Waals surface area contributed by atoms with E-state index in [0.29, 0.717) is 31.3 Å². The lowest BCUT2D eigenvalue weighted by atomic mass is 9.55. The Morgan fingerprint density at radius 1 is 0.953 bits per heavy atom. The van der Waals surface area contributed by atoms with Gasteiger partial charge in [0.1, 0.15) is 0 Å². The third-order valence-corrected chi connectivity index (χ3v) is 10.4. The fraction of sp³-hybridized carbons (Fsp3) is 0.758. The number of alkyl halides is 6. The average Bonchev–Trinajstić information content (AvgIpc) is 3.21. The first-order chi connectivity index (χ1) is 19.5. The molecule has 0 aromatic heterocycles. The Bertz CT molecular complexity index is 1080. The molecule has 0 radical (unpaired) electrons. The van der Waals surface area contributed by atoms with E-state index in [0.717, 1.165) is 43.8 Å². The minimum atomic E-state index is -5.92. The van der Waals surface area contributed by atoms with Crippen molar-refractivity contribution >= 4 is 0 Å². The summed E-state index contributed by atoms with van der Waals surface area (Å²) in [5.74, 6) is 0.139. The summed E-state index contributed by atoms with van der Waals surface area (Å²) >= 11 is 0. The standard InChI is InChI=1S/C33H48F6O4/c1-21-23(19-24(40)20-26(21)41)11-10-22-9-6-17-30(5)25(22)12-13-27(30)29(4,15-7-14-28(2,3)42)16-8-18-31(43,32(34,35)36)33(37,38)39/h8,10-11,18,24-27,40-43H,1,6-7,9,12-17,19-20H2,2-5H3/t24-,25?,26+,27?,29?,30+/m1/s1. The summed E-state index contributed by atoms with van der Waals surface area (Å²) in [5.41, 5.74) is -4.25. The third-order valence-electron chi connectivity index (χ3n) is 10.4. The van der Waals surface area contributed by atoms with Gasteiger partial charge in [-0.2, -0.15) is 26.3 Å². The summed E-state index contributed by atoms with van der Waals surface area (Å²) < 4.78 is 80.2. The highest BCUT2D eigenvalue weighted by atomic mass is 19.4. The van der Waals surface area contributed by atoms with Crippen LogP contribution in [0.5, 0.6) is 0 Å². The number of aliphatic hydroxyl groups excluding tert-OH is 2. The van der Waals surface area contributed by atoms with E-state index in [1.54, 1.807) is 13.8 Å². The maximum Gasteiger partial charge on any atom is 0.429 e. The van der Waals surface area contributed by atoms with Crippen molar-refractivity contribution in [3.8, 4) is 0 Å². The Labute approximate surface area is 251 Å². The number of fused-ring (bicyclic) bond motifs is 1. The maximum atomic E-state index is 13.4. The largest absolute Gasteiger partial charge is 0.429 e. The molecule has 0 saturated heterocycles. The van der Waals surface area contributed by atoms with E-state index in [-0.39, 0.29) is 36.2 Å². The first-order valence-corrected chi connectivity index (χ1v) is 15.2. The molecule has 246 valence electrons. The van der Waals surface area contributed by atoms with Gasteiger partial charge in [0, 0.05) is 6.42 Å². The zero-order chi connectivity index (χ0) is 32.6. The van der Waals surface area contributed by atoms with Crippen LogP contribution in [-0.4, -0.2) is 56.2 Å². The monoisotopic (exact) mass is 622 g/mol. The molecule has 0 aromatic carbocycles. The van der Waals surface area contributed by atoms with Crippen LogP contribution in [0.25, 0.3) is 0 Å². The maximum absolute atomic E-state index is 13.4. The van der Waals surface area contributed by atoms with Crippen LogP contribution in [0.15, 0.2) is 47.6 Å². The van der Waals surface area contributed by atoms with E-state index in [4.69, 9.17) is 0 Å². The summed E-state index contributed by atoms with van der Waals surface area (Å²) in [4.78, 5) is 0. The van der Waals surface area contributed by atoms with Crippen molar-refractivity contribution in [2.45, 2.75) is 134 Å². The lowest BCUT2D eigenvalue weighted by Crippen LogP contribution is -2.55. The van der Waals surface area contributed by atoms with E-state index in [1.165, 1.54) is 5.57 Å². The van der Waals surface area contributed by atoms with Gasteiger partial charge in [-0.15, -0.1) is 0 Å². The van der Waals surface area contributed by atoms with Crippen LogP contribution in [0.3, 0.4) is 0 Å². The molecule has 3 saturated carbocycles. The molecule has 10 heteroatoms. The fourth-order valence-corrected chi connectivity index (χ4v) is 8.04. The van der Waals surface area contributed by atoms with Gasteiger partial charge in [-0.25, -0.2) is 0 Å². The zero-order valence-corrected chi connectivity index (χ0v) is 25.7. The Kier molecular flexibility index (Phi) is 10.5. The molecule has 0 heterocycles. The molecule has 4 nitrogen and oxygen atoms in total. The van der Waals surface area contributed by atoms with Crippen LogP contribution in [0.4, 0.5) is 26.3 Å². The van der Waals surface area contributed by atoms with Gasteiger partial charge in [-0.05, 0) is 112 Å². The lowest BCUT2D eigenvalue weighted by molar-refractivity contribution is -0.347. The predicted octanol–water partition coefficient (Wildman–Crippen LogP) is 7.88. The van der Waals surface area contributed by atoms with Crippen molar-refractivity contribution in [3.63, 3.8) is 0 Å². The highest BCUT2D eigenvalue weighted by molar-refractivity contribution is 5.38. The first kappa shape index (κ1) is 35.9. The second kappa shape index (κ2) is 12.6. The van der Waals surface area contributed by atoms with Crippen molar-refractivity contribution < 1.29 is 46.8 Å². The van der Waals surface area contributed by atoms with Crippen molar-refractivity contribution in [3.05, 3.63) is 47.6 Å². The predicted molar refractivity (Wildman–Crippen MR) is 154 cm³/mol. The number of hydrogen-bond donors (Lipinski definition) is 4. The Balaban J connectivity index is 1.93. The van der Waals surface area contributed by atoms with Gasteiger partial charge < -0.3 is 20.4 Å². The smallest absolute Gasteiger partial charge is 0.393 e. The Morgan fingerprint density at radius 3 is 2.16 bits per heavy atom. The van der Waals surface area contributed by atoms with Crippen molar-refractivity contribution in [1.82, 2.24) is 0 Å². The van der Waals surface area contributed by atoms with Crippen LogP contribution in [0.2, 0.25) is 0 Å². The average molecular weight is 623 g/mol. The van der Waals surface area contributed by atoms with Gasteiger partial charge in [0.25, 0.3) is 5.60 Å². The molecule has 3 unspecified atom stereocenters. The Morgan fingerprint density at radius 2 is 1.58 bits per heavy atom. The molecule has 3 aliphatic carbocycles. The van der Waals surface area contributed by atoms with Gasteiger partial charge in [0.15, 0.2) is 0 Å². The fourth-order valence-electron chi connectivity index (χ4n) is 8.04. The topological polar surface area (TPSA) is 80.9 Å². The van der Waals surface area contributed by atoms with Crippen LogP contribution in [0, 0.1) is 22.7 Å².